The SMILES string of the molecule is CCCc1c(NC)ncnc1NC1CCC(C)CC1. The van der Waals surface area contributed by atoms with Crippen LogP contribution in [0, 0.1) is 5.92 Å². The molecule has 106 valence electrons. The number of hydrogen-bond acceptors (Lipinski definition) is 4. The summed E-state index contributed by atoms with van der Waals surface area (Å²) in [5.41, 5.74) is 1.23. The van der Waals surface area contributed by atoms with Crippen molar-refractivity contribution < 1.29 is 0 Å². The molecule has 4 heteroatoms. The molecule has 1 aliphatic carbocycles. The van der Waals surface area contributed by atoms with E-state index in [-0.39, 0.29) is 0 Å². The van der Waals surface area contributed by atoms with Crippen molar-refractivity contribution in [2.75, 3.05) is 17.7 Å². The smallest absolute Gasteiger partial charge is 0.134 e. The van der Waals surface area contributed by atoms with Crippen molar-refractivity contribution in [1.82, 2.24) is 9.97 Å². The Labute approximate surface area is 116 Å². The van der Waals surface area contributed by atoms with E-state index in [2.05, 4.69) is 34.4 Å². The largest absolute Gasteiger partial charge is 0.373 e. The van der Waals surface area contributed by atoms with Crippen LogP contribution in [0.3, 0.4) is 0 Å². The van der Waals surface area contributed by atoms with Crippen molar-refractivity contribution in [1.29, 1.82) is 0 Å². The van der Waals surface area contributed by atoms with Crippen LogP contribution in [0.5, 0.6) is 0 Å². The second-order valence-electron chi connectivity index (χ2n) is 5.65. The number of anilines is 2. The predicted octanol–water partition coefficient (Wildman–Crippen LogP) is 3.46. The topological polar surface area (TPSA) is 49.8 Å². The van der Waals surface area contributed by atoms with Crippen molar-refractivity contribution in [3.05, 3.63) is 11.9 Å². The number of rotatable bonds is 5. The van der Waals surface area contributed by atoms with Crippen molar-refractivity contribution in [3.8, 4) is 0 Å². The Morgan fingerprint density at radius 1 is 1.16 bits per heavy atom. The molecule has 2 rings (SSSR count). The molecule has 0 saturated heterocycles. The van der Waals surface area contributed by atoms with E-state index in [0.717, 1.165) is 30.4 Å². The molecule has 1 heterocycles. The van der Waals surface area contributed by atoms with Crippen LogP contribution in [0.4, 0.5) is 11.6 Å². The van der Waals surface area contributed by atoms with E-state index in [4.69, 9.17) is 0 Å². The third-order valence-electron chi connectivity index (χ3n) is 4.04. The van der Waals surface area contributed by atoms with Crippen molar-refractivity contribution >= 4 is 11.6 Å². The van der Waals surface area contributed by atoms with Gasteiger partial charge in [0.25, 0.3) is 0 Å². The van der Waals surface area contributed by atoms with E-state index in [1.54, 1.807) is 6.33 Å². The van der Waals surface area contributed by atoms with Gasteiger partial charge in [0.1, 0.15) is 18.0 Å². The zero-order chi connectivity index (χ0) is 13.7. The lowest BCUT2D eigenvalue weighted by Crippen LogP contribution is -2.26. The lowest BCUT2D eigenvalue weighted by Gasteiger charge is -2.28. The third kappa shape index (κ3) is 3.58. The molecule has 0 aromatic carbocycles. The maximum atomic E-state index is 4.46. The van der Waals surface area contributed by atoms with E-state index in [0.29, 0.717) is 6.04 Å². The monoisotopic (exact) mass is 262 g/mol. The van der Waals surface area contributed by atoms with Gasteiger partial charge in [0.15, 0.2) is 0 Å². The lowest BCUT2D eigenvalue weighted by molar-refractivity contribution is 0.360. The van der Waals surface area contributed by atoms with Gasteiger partial charge in [-0.15, -0.1) is 0 Å². The molecule has 0 amide bonds. The number of nitrogens with one attached hydrogen (secondary N) is 2. The second kappa shape index (κ2) is 6.73. The molecule has 1 aromatic rings. The number of nitrogens with zero attached hydrogens (tertiary/aromatic N) is 2. The zero-order valence-electron chi connectivity index (χ0n) is 12.4. The average molecular weight is 262 g/mol. The first-order chi connectivity index (χ1) is 9.24. The van der Waals surface area contributed by atoms with E-state index in [1.165, 1.54) is 31.2 Å². The maximum absolute atomic E-state index is 4.46. The van der Waals surface area contributed by atoms with Crippen LogP contribution in [-0.2, 0) is 6.42 Å². The van der Waals surface area contributed by atoms with Gasteiger partial charge in [0, 0.05) is 18.7 Å². The molecule has 1 saturated carbocycles. The highest BCUT2D eigenvalue weighted by Gasteiger charge is 2.20. The van der Waals surface area contributed by atoms with Gasteiger partial charge in [0.05, 0.1) is 0 Å². The summed E-state index contributed by atoms with van der Waals surface area (Å²) in [6.45, 7) is 4.54. The van der Waals surface area contributed by atoms with Gasteiger partial charge in [0.2, 0.25) is 0 Å². The molecule has 0 radical (unpaired) electrons. The summed E-state index contributed by atoms with van der Waals surface area (Å²) in [7, 11) is 1.92. The molecule has 0 unspecified atom stereocenters. The van der Waals surface area contributed by atoms with Crippen LogP contribution in [0.2, 0.25) is 0 Å². The Morgan fingerprint density at radius 3 is 2.47 bits per heavy atom. The Hall–Kier alpha value is -1.32. The fourth-order valence-corrected chi connectivity index (χ4v) is 2.84. The van der Waals surface area contributed by atoms with Crippen LogP contribution in [0.15, 0.2) is 6.33 Å². The Bertz CT molecular complexity index is 397. The van der Waals surface area contributed by atoms with Crippen LogP contribution < -0.4 is 10.6 Å². The van der Waals surface area contributed by atoms with Gasteiger partial charge in [-0.1, -0.05) is 20.3 Å². The van der Waals surface area contributed by atoms with Crippen LogP contribution >= 0.6 is 0 Å². The van der Waals surface area contributed by atoms with Gasteiger partial charge < -0.3 is 10.6 Å². The molecule has 1 aliphatic rings. The van der Waals surface area contributed by atoms with Gasteiger partial charge >= 0.3 is 0 Å². The Morgan fingerprint density at radius 2 is 1.84 bits per heavy atom. The van der Waals surface area contributed by atoms with E-state index >= 15 is 0 Å². The second-order valence-corrected chi connectivity index (χ2v) is 5.65. The minimum absolute atomic E-state index is 0.575. The first kappa shape index (κ1) is 14.1. The van der Waals surface area contributed by atoms with E-state index in [9.17, 15) is 0 Å². The summed E-state index contributed by atoms with van der Waals surface area (Å²) in [4.78, 5) is 8.78. The highest BCUT2D eigenvalue weighted by Crippen LogP contribution is 2.28. The molecular weight excluding hydrogens is 236 g/mol. The molecule has 2 N–H and O–H groups in total. The Balaban J connectivity index is 2.10. The lowest BCUT2D eigenvalue weighted by atomic mass is 9.87. The minimum Gasteiger partial charge on any atom is -0.373 e. The highest BCUT2D eigenvalue weighted by molar-refractivity contribution is 5.57. The quantitative estimate of drug-likeness (QED) is 0.853. The molecular formula is C15H26N4. The van der Waals surface area contributed by atoms with Crippen LogP contribution in [0.25, 0.3) is 0 Å². The van der Waals surface area contributed by atoms with Crippen molar-refractivity contribution in [3.63, 3.8) is 0 Å². The summed E-state index contributed by atoms with van der Waals surface area (Å²) >= 11 is 0. The normalized spacial score (nSPS) is 23.1. The first-order valence-corrected chi connectivity index (χ1v) is 7.52. The van der Waals surface area contributed by atoms with Crippen molar-refractivity contribution in [2.45, 2.75) is 58.4 Å². The van der Waals surface area contributed by atoms with Gasteiger partial charge in [-0.25, -0.2) is 9.97 Å². The summed E-state index contributed by atoms with van der Waals surface area (Å²) < 4.78 is 0. The summed E-state index contributed by atoms with van der Waals surface area (Å²) in [5, 5.41) is 6.81. The Kier molecular flexibility index (Phi) is 5.00. The zero-order valence-corrected chi connectivity index (χ0v) is 12.4. The fraction of sp³-hybridized carbons (Fsp3) is 0.733. The molecule has 4 nitrogen and oxygen atoms in total. The number of hydrogen-bond donors (Lipinski definition) is 2. The number of aromatic nitrogens is 2. The highest BCUT2D eigenvalue weighted by atomic mass is 15.1. The van der Waals surface area contributed by atoms with Crippen molar-refractivity contribution in [2.24, 2.45) is 5.92 Å². The molecule has 0 bridgehead atoms. The fourth-order valence-electron chi connectivity index (χ4n) is 2.84. The van der Waals surface area contributed by atoms with Crippen LogP contribution in [0.1, 0.15) is 51.5 Å². The van der Waals surface area contributed by atoms with E-state index in [1.807, 2.05) is 7.05 Å². The summed E-state index contributed by atoms with van der Waals surface area (Å²) in [6.07, 6.45) is 8.94. The third-order valence-corrected chi connectivity index (χ3v) is 4.04. The maximum Gasteiger partial charge on any atom is 0.134 e. The molecule has 1 fully saturated rings. The molecule has 1 aromatic heterocycles. The first-order valence-electron chi connectivity index (χ1n) is 7.52. The van der Waals surface area contributed by atoms with Gasteiger partial charge in [-0.05, 0) is 38.0 Å². The molecule has 0 aliphatic heterocycles. The average Bonchev–Trinajstić information content (AvgIpc) is 2.43. The van der Waals surface area contributed by atoms with E-state index < -0.39 is 0 Å². The summed E-state index contributed by atoms with van der Waals surface area (Å²) in [6, 6.07) is 0.575. The van der Waals surface area contributed by atoms with Crippen LogP contribution in [-0.4, -0.2) is 23.1 Å². The molecule has 0 atom stereocenters. The predicted molar refractivity (Wildman–Crippen MR) is 80.6 cm³/mol. The minimum atomic E-state index is 0.575. The molecule has 0 spiro atoms. The van der Waals surface area contributed by atoms with Gasteiger partial charge in [-0.3, -0.25) is 0 Å². The standard InChI is InChI=1S/C15H26N4/c1-4-5-13-14(16-3)17-10-18-15(13)19-12-8-6-11(2)7-9-12/h10-12H,4-9H2,1-3H3,(H2,16,17,18,19). The summed E-state index contributed by atoms with van der Waals surface area (Å²) in [5.74, 6) is 2.87. The molecule has 19 heavy (non-hydrogen) atoms. The van der Waals surface area contributed by atoms with Gasteiger partial charge in [-0.2, -0.15) is 0 Å².